The van der Waals surface area contributed by atoms with Crippen LogP contribution in [0.4, 0.5) is 5.69 Å². The van der Waals surface area contributed by atoms with E-state index < -0.39 is 4.92 Å². The summed E-state index contributed by atoms with van der Waals surface area (Å²) in [6, 6.07) is 11.1. The van der Waals surface area contributed by atoms with Crippen molar-refractivity contribution in [3.05, 3.63) is 63.7 Å². The fourth-order valence-corrected chi connectivity index (χ4v) is 2.14. The van der Waals surface area contributed by atoms with Crippen LogP contribution in [0.2, 0.25) is 0 Å². The molecule has 0 heterocycles. The summed E-state index contributed by atoms with van der Waals surface area (Å²) in [4.78, 5) is 22.3. The monoisotopic (exact) mass is 367 g/mol. The molecule has 27 heavy (non-hydrogen) atoms. The molecule has 0 spiro atoms. The van der Waals surface area contributed by atoms with Gasteiger partial charge in [0.15, 0.2) is 0 Å². The summed E-state index contributed by atoms with van der Waals surface area (Å²) in [6.07, 6.45) is 6.54. The number of nitro benzene ring substituents is 1. The Balaban J connectivity index is 2.04. The van der Waals surface area contributed by atoms with Crippen LogP contribution in [-0.4, -0.2) is 30.8 Å². The van der Waals surface area contributed by atoms with Gasteiger partial charge in [-0.15, -0.1) is 6.42 Å². The van der Waals surface area contributed by atoms with Gasteiger partial charge >= 0.3 is 0 Å². The topological polar surface area (TPSA) is 103 Å². The average Bonchev–Trinajstić information content (AvgIpc) is 2.67. The standard InChI is InChI=1S/C19H17N3O5/c1-3-10-27-18-9-6-16(22(24)25)12-15(18)13-20-21-19(23)11-14-4-7-17(26-2)8-5-14/h1,4-9,12-13H,10-11H2,2H3,(H,21,23)/b20-13+. The van der Waals surface area contributed by atoms with E-state index in [0.29, 0.717) is 17.1 Å². The lowest BCUT2D eigenvalue weighted by molar-refractivity contribution is -0.384. The van der Waals surface area contributed by atoms with Gasteiger partial charge in [-0.2, -0.15) is 5.10 Å². The molecule has 138 valence electrons. The van der Waals surface area contributed by atoms with Gasteiger partial charge in [-0.25, -0.2) is 5.43 Å². The van der Waals surface area contributed by atoms with Crippen LogP contribution < -0.4 is 14.9 Å². The molecule has 2 aromatic rings. The van der Waals surface area contributed by atoms with Gasteiger partial charge in [0, 0.05) is 17.7 Å². The maximum absolute atomic E-state index is 12.0. The Morgan fingerprint density at radius 2 is 2.07 bits per heavy atom. The second-order valence-electron chi connectivity index (χ2n) is 5.29. The number of nitrogens with zero attached hydrogens (tertiary/aromatic N) is 2. The number of carbonyl (C=O) groups is 1. The Bertz CT molecular complexity index is 885. The first kappa shape index (κ1) is 19.5. The quantitative estimate of drug-likeness (QED) is 0.334. The molecule has 0 saturated carbocycles. The van der Waals surface area contributed by atoms with Crippen LogP contribution in [0.15, 0.2) is 47.6 Å². The van der Waals surface area contributed by atoms with Crippen molar-refractivity contribution < 1.29 is 19.2 Å². The lowest BCUT2D eigenvalue weighted by atomic mass is 10.1. The third-order valence-electron chi connectivity index (χ3n) is 3.43. The summed E-state index contributed by atoms with van der Waals surface area (Å²) in [5.74, 6) is 2.99. The lowest BCUT2D eigenvalue weighted by Gasteiger charge is -2.06. The zero-order chi connectivity index (χ0) is 19.6. The van der Waals surface area contributed by atoms with Crippen LogP contribution in [0, 0.1) is 22.5 Å². The van der Waals surface area contributed by atoms with Crippen molar-refractivity contribution in [1.82, 2.24) is 5.43 Å². The van der Waals surface area contributed by atoms with Crippen LogP contribution in [0.5, 0.6) is 11.5 Å². The number of non-ortho nitro benzene ring substituents is 1. The predicted octanol–water partition coefficient (Wildman–Crippen LogP) is 2.31. The van der Waals surface area contributed by atoms with Gasteiger partial charge in [0.25, 0.3) is 5.69 Å². The molecule has 8 nitrogen and oxygen atoms in total. The van der Waals surface area contributed by atoms with E-state index in [1.54, 1.807) is 31.4 Å². The largest absolute Gasteiger partial charge is 0.497 e. The summed E-state index contributed by atoms with van der Waals surface area (Å²) in [7, 11) is 1.56. The summed E-state index contributed by atoms with van der Waals surface area (Å²) in [5, 5.41) is 14.8. The molecule has 0 saturated heterocycles. The maximum Gasteiger partial charge on any atom is 0.270 e. The maximum atomic E-state index is 12.0. The minimum atomic E-state index is -0.537. The van der Waals surface area contributed by atoms with E-state index in [0.717, 1.165) is 5.56 Å². The van der Waals surface area contributed by atoms with Crippen molar-refractivity contribution in [3.8, 4) is 23.8 Å². The second kappa shape index (κ2) is 9.58. The Morgan fingerprint density at radius 3 is 2.70 bits per heavy atom. The minimum Gasteiger partial charge on any atom is -0.497 e. The molecule has 0 radical (unpaired) electrons. The Kier molecular flexibility index (Phi) is 6.91. The van der Waals surface area contributed by atoms with Crippen LogP contribution in [0.1, 0.15) is 11.1 Å². The van der Waals surface area contributed by atoms with Gasteiger partial charge < -0.3 is 9.47 Å². The number of hydrazone groups is 1. The number of hydrogen-bond acceptors (Lipinski definition) is 6. The van der Waals surface area contributed by atoms with Gasteiger partial charge in [-0.1, -0.05) is 18.1 Å². The fourth-order valence-electron chi connectivity index (χ4n) is 2.14. The Morgan fingerprint density at radius 1 is 1.33 bits per heavy atom. The molecule has 0 aromatic heterocycles. The number of amides is 1. The predicted molar refractivity (Wildman–Crippen MR) is 99.9 cm³/mol. The van der Waals surface area contributed by atoms with E-state index in [9.17, 15) is 14.9 Å². The van der Waals surface area contributed by atoms with E-state index in [1.165, 1.54) is 24.4 Å². The number of methoxy groups -OCH3 is 1. The number of rotatable bonds is 8. The molecule has 1 N–H and O–H groups in total. The number of nitro groups is 1. The van der Waals surface area contributed by atoms with Crippen molar-refractivity contribution in [1.29, 1.82) is 0 Å². The Hall–Kier alpha value is -3.86. The molecule has 0 bridgehead atoms. The molecule has 0 atom stereocenters. The van der Waals surface area contributed by atoms with Crippen molar-refractivity contribution in [3.63, 3.8) is 0 Å². The van der Waals surface area contributed by atoms with E-state index in [1.807, 2.05) is 0 Å². The highest BCUT2D eigenvalue weighted by Crippen LogP contribution is 2.22. The van der Waals surface area contributed by atoms with Gasteiger partial charge in [-0.05, 0) is 23.8 Å². The third-order valence-corrected chi connectivity index (χ3v) is 3.43. The number of ether oxygens (including phenoxy) is 2. The van der Waals surface area contributed by atoms with Crippen LogP contribution in [0.25, 0.3) is 0 Å². The lowest BCUT2D eigenvalue weighted by Crippen LogP contribution is -2.19. The Labute approximate surface area is 155 Å². The molecule has 2 rings (SSSR count). The smallest absolute Gasteiger partial charge is 0.270 e. The summed E-state index contributed by atoms with van der Waals surface area (Å²) in [6.45, 7) is 0.00246. The highest BCUT2D eigenvalue weighted by Gasteiger charge is 2.11. The highest BCUT2D eigenvalue weighted by atomic mass is 16.6. The molecule has 1 amide bonds. The molecule has 0 fully saturated rings. The molecular formula is C19H17N3O5. The first-order chi connectivity index (χ1) is 13.0. The molecule has 0 aliphatic heterocycles. The zero-order valence-electron chi connectivity index (χ0n) is 14.5. The number of nitrogens with one attached hydrogen (secondary N) is 1. The van der Waals surface area contributed by atoms with Crippen molar-refractivity contribution in [2.75, 3.05) is 13.7 Å². The number of terminal acetylenes is 1. The van der Waals surface area contributed by atoms with E-state index >= 15 is 0 Å². The molecule has 8 heteroatoms. The van der Waals surface area contributed by atoms with E-state index in [2.05, 4.69) is 16.4 Å². The zero-order valence-corrected chi connectivity index (χ0v) is 14.5. The number of hydrogen-bond donors (Lipinski definition) is 1. The first-order valence-electron chi connectivity index (χ1n) is 7.83. The van der Waals surface area contributed by atoms with Crippen LogP contribution in [-0.2, 0) is 11.2 Å². The van der Waals surface area contributed by atoms with Gasteiger partial charge in [0.1, 0.15) is 18.1 Å². The SMILES string of the molecule is C#CCOc1ccc([N+](=O)[O-])cc1/C=N/NC(=O)Cc1ccc(OC)cc1. The van der Waals surface area contributed by atoms with Crippen molar-refractivity contribution >= 4 is 17.8 Å². The van der Waals surface area contributed by atoms with Crippen LogP contribution >= 0.6 is 0 Å². The minimum absolute atomic E-state index is 0.00246. The van der Waals surface area contributed by atoms with Gasteiger partial charge in [-0.3, -0.25) is 14.9 Å². The highest BCUT2D eigenvalue weighted by molar-refractivity contribution is 5.86. The molecule has 2 aromatic carbocycles. The van der Waals surface area contributed by atoms with Crippen LogP contribution in [0.3, 0.4) is 0 Å². The molecule has 0 aliphatic rings. The fraction of sp³-hybridized carbons (Fsp3) is 0.158. The average molecular weight is 367 g/mol. The normalized spacial score (nSPS) is 10.2. The third kappa shape index (κ3) is 5.86. The summed E-state index contributed by atoms with van der Waals surface area (Å²) < 4.78 is 10.4. The molecular weight excluding hydrogens is 350 g/mol. The van der Waals surface area contributed by atoms with E-state index in [-0.39, 0.29) is 24.6 Å². The van der Waals surface area contributed by atoms with E-state index in [4.69, 9.17) is 15.9 Å². The van der Waals surface area contributed by atoms with Gasteiger partial charge in [0.05, 0.1) is 24.7 Å². The molecule has 0 unspecified atom stereocenters. The van der Waals surface area contributed by atoms with Crippen molar-refractivity contribution in [2.45, 2.75) is 6.42 Å². The van der Waals surface area contributed by atoms with Gasteiger partial charge in [0.2, 0.25) is 5.91 Å². The summed E-state index contributed by atoms with van der Waals surface area (Å²) >= 11 is 0. The van der Waals surface area contributed by atoms with Crippen molar-refractivity contribution in [2.24, 2.45) is 5.10 Å². The first-order valence-corrected chi connectivity index (χ1v) is 7.83. The molecule has 0 aliphatic carbocycles. The number of carbonyl (C=O) groups excluding carboxylic acids is 1. The number of benzene rings is 2. The second-order valence-corrected chi connectivity index (χ2v) is 5.29. The summed E-state index contributed by atoms with van der Waals surface area (Å²) in [5.41, 5.74) is 3.36.